The maximum absolute atomic E-state index is 6.59. The van der Waals surface area contributed by atoms with Crippen molar-refractivity contribution in [3.63, 3.8) is 0 Å². The number of benzene rings is 3. The van der Waals surface area contributed by atoms with Crippen molar-refractivity contribution < 1.29 is 4.74 Å². The molecule has 4 aromatic rings. The van der Waals surface area contributed by atoms with Gasteiger partial charge in [0.1, 0.15) is 0 Å². The molecule has 0 saturated carbocycles. The summed E-state index contributed by atoms with van der Waals surface area (Å²) in [5, 5.41) is 4.79. The molecule has 0 amide bonds. The Kier molecular flexibility index (Phi) is 5.29. The van der Waals surface area contributed by atoms with Crippen molar-refractivity contribution in [2.75, 3.05) is 13.6 Å². The summed E-state index contributed by atoms with van der Waals surface area (Å²) in [5.74, 6) is 0.528. The van der Waals surface area contributed by atoms with Gasteiger partial charge in [0, 0.05) is 24.0 Å². The van der Waals surface area contributed by atoms with Crippen LogP contribution in [-0.4, -0.2) is 29.6 Å². The molecule has 158 valence electrons. The lowest BCUT2D eigenvalue weighted by molar-refractivity contribution is 0.243. The number of halogens is 2. The first-order chi connectivity index (χ1) is 14.9. The lowest BCUT2D eigenvalue weighted by Crippen LogP contribution is -2.27. The van der Waals surface area contributed by atoms with Crippen molar-refractivity contribution in [1.29, 1.82) is 0 Å². The predicted molar refractivity (Wildman–Crippen MR) is 131 cm³/mol. The highest BCUT2D eigenvalue weighted by Gasteiger charge is 2.24. The molecule has 0 spiro atoms. The fourth-order valence-corrected chi connectivity index (χ4v) is 5.11. The van der Waals surface area contributed by atoms with Gasteiger partial charge in [0.15, 0.2) is 5.75 Å². The summed E-state index contributed by atoms with van der Waals surface area (Å²) in [4.78, 5) is 7.47. The number of hydrogen-bond acceptors (Lipinski definition) is 3. The van der Waals surface area contributed by atoms with Crippen LogP contribution in [0.4, 0.5) is 0 Å². The number of fused-ring (bicyclic) bond motifs is 5. The van der Waals surface area contributed by atoms with Gasteiger partial charge in [-0.15, -0.1) is 0 Å². The molecule has 5 rings (SSSR count). The van der Waals surface area contributed by atoms with Crippen molar-refractivity contribution in [3.8, 4) is 17.0 Å². The average Bonchev–Trinajstić information content (AvgIpc) is 2.75. The van der Waals surface area contributed by atoms with Crippen molar-refractivity contribution in [3.05, 3.63) is 69.7 Å². The molecule has 31 heavy (non-hydrogen) atoms. The minimum atomic E-state index is -0.00525. The van der Waals surface area contributed by atoms with Crippen LogP contribution in [0.25, 0.3) is 32.9 Å². The summed E-state index contributed by atoms with van der Waals surface area (Å²) in [6.45, 7) is 5.79. The fourth-order valence-electron chi connectivity index (χ4n) is 4.53. The van der Waals surface area contributed by atoms with Crippen LogP contribution in [0.2, 0.25) is 10.0 Å². The molecule has 0 radical (unpaired) electrons. The van der Waals surface area contributed by atoms with Gasteiger partial charge in [-0.1, -0.05) is 53.5 Å². The number of aromatic nitrogens is 1. The molecule has 0 unspecified atom stereocenters. The van der Waals surface area contributed by atoms with Crippen molar-refractivity contribution in [1.82, 2.24) is 9.88 Å². The minimum Gasteiger partial charge on any atom is -0.488 e. The molecule has 1 aliphatic rings. The summed E-state index contributed by atoms with van der Waals surface area (Å²) in [6, 6.07) is 16.7. The second-order valence-electron chi connectivity index (χ2n) is 8.52. The van der Waals surface area contributed by atoms with E-state index in [0.29, 0.717) is 15.8 Å². The van der Waals surface area contributed by atoms with Crippen molar-refractivity contribution in [2.45, 2.75) is 32.9 Å². The third-order valence-electron chi connectivity index (χ3n) is 5.89. The number of pyridine rings is 1. The zero-order valence-corrected chi connectivity index (χ0v) is 19.4. The monoisotopic (exact) mass is 450 g/mol. The van der Waals surface area contributed by atoms with E-state index in [1.165, 1.54) is 27.3 Å². The third-order valence-corrected chi connectivity index (χ3v) is 6.45. The summed E-state index contributed by atoms with van der Waals surface area (Å²) < 4.78 is 5.82. The van der Waals surface area contributed by atoms with Crippen molar-refractivity contribution in [2.24, 2.45) is 0 Å². The molecule has 0 aliphatic carbocycles. The molecule has 1 aliphatic heterocycles. The third kappa shape index (κ3) is 3.65. The molecule has 0 saturated heterocycles. The van der Waals surface area contributed by atoms with Gasteiger partial charge < -0.3 is 9.64 Å². The van der Waals surface area contributed by atoms with E-state index in [4.69, 9.17) is 32.9 Å². The van der Waals surface area contributed by atoms with Crippen LogP contribution in [0.15, 0.2) is 48.5 Å². The Labute approximate surface area is 192 Å². The fraction of sp³-hybridized carbons (Fsp3) is 0.269. The molecule has 1 aromatic heterocycles. The first-order valence-electron chi connectivity index (χ1n) is 10.6. The average molecular weight is 451 g/mol. The summed E-state index contributed by atoms with van der Waals surface area (Å²) >= 11 is 13.2. The number of nitrogens with zero attached hydrogens (tertiary/aromatic N) is 2. The number of rotatable bonds is 3. The molecular weight excluding hydrogens is 427 g/mol. The molecule has 0 N–H and O–H groups in total. The second-order valence-corrected chi connectivity index (χ2v) is 9.34. The Hall–Kier alpha value is -2.33. The molecular formula is C26H24Cl2N2O. The molecule has 0 atom stereocenters. The lowest BCUT2D eigenvalue weighted by Gasteiger charge is -2.28. The van der Waals surface area contributed by atoms with Crippen LogP contribution in [0.3, 0.4) is 0 Å². The van der Waals surface area contributed by atoms with Gasteiger partial charge in [0.2, 0.25) is 0 Å². The van der Waals surface area contributed by atoms with Gasteiger partial charge >= 0.3 is 0 Å². The Balaban J connectivity index is 1.79. The molecule has 3 aromatic carbocycles. The van der Waals surface area contributed by atoms with Crippen LogP contribution in [0.5, 0.6) is 5.75 Å². The Bertz CT molecular complexity index is 1290. The quantitative estimate of drug-likeness (QED) is 0.310. The normalized spacial score (nSPS) is 14.4. The van der Waals surface area contributed by atoms with E-state index in [-0.39, 0.29) is 6.10 Å². The van der Waals surface area contributed by atoms with Gasteiger partial charge in [-0.3, -0.25) is 0 Å². The minimum absolute atomic E-state index is 0.00525. The lowest BCUT2D eigenvalue weighted by atomic mass is 9.89. The first kappa shape index (κ1) is 20.6. The zero-order chi connectivity index (χ0) is 21.7. The van der Waals surface area contributed by atoms with Gasteiger partial charge in [-0.2, -0.15) is 0 Å². The van der Waals surface area contributed by atoms with E-state index < -0.39 is 0 Å². The Morgan fingerprint density at radius 1 is 1.00 bits per heavy atom. The summed E-state index contributed by atoms with van der Waals surface area (Å²) in [7, 11) is 2.15. The molecule has 3 nitrogen and oxygen atoms in total. The van der Waals surface area contributed by atoms with Crippen LogP contribution < -0.4 is 4.74 Å². The first-order valence-corrected chi connectivity index (χ1v) is 11.4. The summed E-state index contributed by atoms with van der Waals surface area (Å²) in [6.07, 6.45) is 0.983. The highest BCUT2D eigenvalue weighted by molar-refractivity contribution is 6.37. The standard InChI is InChI=1S/C26H24Cl2N2O/c1-15(2)31-26-21(27)12-17(13-22(26)28)25-20-14-30(3)11-10-19(20)24-18-7-5-4-6-16(18)8-9-23(24)29-25/h4-9,12-13,15H,10-11,14H2,1-3H3. The number of hydrogen-bond donors (Lipinski definition) is 0. The smallest absolute Gasteiger partial charge is 0.156 e. The van der Waals surface area contributed by atoms with Crippen molar-refractivity contribution >= 4 is 44.9 Å². The van der Waals surface area contributed by atoms with Crippen LogP contribution >= 0.6 is 23.2 Å². The maximum Gasteiger partial charge on any atom is 0.156 e. The summed E-state index contributed by atoms with van der Waals surface area (Å²) in [5.41, 5.74) is 5.51. The van der Waals surface area contributed by atoms with Crippen LogP contribution in [0.1, 0.15) is 25.0 Å². The topological polar surface area (TPSA) is 25.4 Å². The molecule has 0 fully saturated rings. The van der Waals surface area contributed by atoms with E-state index in [1.54, 1.807) is 0 Å². The number of likely N-dealkylation sites (N-methyl/N-ethyl adjacent to an activating group) is 1. The highest BCUT2D eigenvalue weighted by atomic mass is 35.5. The predicted octanol–water partition coefficient (Wildman–Crippen LogP) is 7.14. The largest absolute Gasteiger partial charge is 0.488 e. The molecule has 5 heteroatoms. The van der Waals surface area contributed by atoms with E-state index in [1.807, 2.05) is 26.0 Å². The van der Waals surface area contributed by atoms with E-state index in [9.17, 15) is 0 Å². The van der Waals surface area contributed by atoms with Crippen LogP contribution in [-0.2, 0) is 13.0 Å². The molecule has 2 heterocycles. The SMILES string of the molecule is CC(C)Oc1c(Cl)cc(-c2nc3ccc4ccccc4c3c3c2CN(C)CC3)cc1Cl. The van der Waals surface area contributed by atoms with Gasteiger partial charge in [0.05, 0.1) is 27.4 Å². The number of ether oxygens (including phenoxy) is 1. The second kappa shape index (κ2) is 7.98. The Morgan fingerprint density at radius 2 is 1.74 bits per heavy atom. The van der Waals surface area contributed by atoms with Gasteiger partial charge in [-0.05, 0) is 67.4 Å². The van der Waals surface area contributed by atoms with Gasteiger partial charge in [-0.25, -0.2) is 4.98 Å². The van der Waals surface area contributed by atoms with Crippen LogP contribution in [0, 0.1) is 0 Å². The Morgan fingerprint density at radius 3 is 2.48 bits per heavy atom. The highest BCUT2D eigenvalue weighted by Crippen LogP contribution is 2.41. The van der Waals surface area contributed by atoms with Gasteiger partial charge in [0.25, 0.3) is 0 Å². The van der Waals surface area contributed by atoms with E-state index in [0.717, 1.165) is 36.3 Å². The van der Waals surface area contributed by atoms with E-state index in [2.05, 4.69) is 48.3 Å². The van der Waals surface area contributed by atoms with E-state index >= 15 is 0 Å². The molecule has 0 bridgehead atoms. The zero-order valence-electron chi connectivity index (χ0n) is 17.9. The maximum atomic E-state index is 6.59.